The van der Waals surface area contributed by atoms with Crippen LogP contribution in [0.3, 0.4) is 0 Å². The molecule has 2 unspecified atom stereocenters. The van der Waals surface area contributed by atoms with Gasteiger partial charge in [-0.1, -0.05) is 73.5 Å². The van der Waals surface area contributed by atoms with Crippen LogP contribution in [0.5, 0.6) is 0 Å². The number of aliphatic hydroxyl groups is 1. The Hall–Kier alpha value is -2.17. The summed E-state index contributed by atoms with van der Waals surface area (Å²) < 4.78 is 0. The predicted molar refractivity (Wildman–Crippen MR) is 127 cm³/mol. The summed E-state index contributed by atoms with van der Waals surface area (Å²) in [5, 5.41) is 11.9. The first-order chi connectivity index (χ1) is 15.6. The van der Waals surface area contributed by atoms with Gasteiger partial charge in [-0.25, -0.2) is 0 Å². The summed E-state index contributed by atoms with van der Waals surface area (Å²) in [7, 11) is 0. The predicted octanol–water partition coefficient (Wildman–Crippen LogP) is 4.40. The average molecular weight is 433 g/mol. The van der Waals surface area contributed by atoms with Gasteiger partial charge < -0.3 is 14.9 Å². The molecule has 1 saturated carbocycles. The number of nitrogens with zero attached hydrogens (tertiary/aromatic N) is 2. The molecule has 3 fully saturated rings. The highest BCUT2D eigenvalue weighted by atomic mass is 16.3. The van der Waals surface area contributed by atoms with Gasteiger partial charge in [0.25, 0.3) is 0 Å². The fraction of sp³-hybridized carbons (Fsp3) is 0.536. The van der Waals surface area contributed by atoms with Crippen molar-refractivity contribution >= 4 is 5.91 Å². The van der Waals surface area contributed by atoms with Crippen LogP contribution in [0.25, 0.3) is 0 Å². The minimum absolute atomic E-state index is 0.0449. The number of hydrogen-bond acceptors (Lipinski definition) is 3. The lowest BCUT2D eigenvalue weighted by Gasteiger charge is -2.37. The number of benzene rings is 2. The second-order valence-electron chi connectivity index (χ2n) is 10.2. The fourth-order valence-corrected chi connectivity index (χ4v) is 6.25. The van der Waals surface area contributed by atoms with Gasteiger partial charge in [-0.15, -0.1) is 0 Å². The molecule has 0 radical (unpaired) electrons. The molecular weight excluding hydrogens is 396 g/mol. The number of rotatable bonds is 5. The fourth-order valence-electron chi connectivity index (χ4n) is 6.25. The lowest BCUT2D eigenvalue weighted by Crippen LogP contribution is -2.44. The van der Waals surface area contributed by atoms with Crippen molar-refractivity contribution in [2.45, 2.75) is 50.0 Å². The highest BCUT2D eigenvalue weighted by molar-refractivity contribution is 5.79. The van der Waals surface area contributed by atoms with E-state index in [0.717, 1.165) is 63.7 Å². The highest BCUT2D eigenvalue weighted by Gasteiger charge is 2.49. The summed E-state index contributed by atoms with van der Waals surface area (Å²) in [5.41, 5.74) is 1.43. The maximum absolute atomic E-state index is 13.2. The quantitative estimate of drug-likeness (QED) is 0.762. The summed E-state index contributed by atoms with van der Waals surface area (Å²) in [5.74, 6) is 1.10. The molecule has 3 aliphatic rings. The molecule has 1 N–H and O–H groups in total. The monoisotopic (exact) mass is 432 g/mol. The molecule has 2 aromatic rings. The standard InChI is InChI=1S/C28H36N2O2/c31-27(24-11-7-8-12-24)30-20-26(28(32,21-30)25-13-5-2-6-14-25)19-29-17-15-23(16-18-29)22-9-3-1-4-10-22/h1-6,9-10,13-14,23-24,26,32H,7-8,11-12,15-21H2. The van der Waals surface area contributed by atoms with Crippen molar-refractivity contribution in [2.24, 2.45) is 11.8 Å². The van der Waals surface area contributed by atoms with E-state index < -0.39 is 5.60 Å². The summed E-state index contributed by atoms with van der Waals surface area (Å²) in [6.45, 7) is 4.05. The zero-order valence-electron chi connectivity index (χ0n) is 19.0. The molecular formula is C28H36N2O2. The topological polar surface area (TPSA) is 43.8 Å². The number of amides is 1. The van der Waals surface area contributed by atoms with Gasteiger partial charge in [0.1, 0.15) is 5.60 Å². The number of carbonyl (C=O) groups excluding carboxylic acids is 1. The Morgan fingerprint density at radius 2 is 1.53 bits per heavy atom. The summed E-state index contributed by atoms with van der Waals surface area (Å²) in [4.78, 5) is 17.7. The second kappa shape index (κ2) is 9.36. The van der Waals surface area contributed by atoms with E-state index in [1.165, 1.54) is 5.56 Å². The van der Waals surface area contributed by atoms with Crippen LogP contribution in [-0.2, 0) is 10.4 Å². The highest BCUT2D eigenvalue weighted by Crippen LogP contribution is 2.40. The SMILES string of the molecule is O=C(C1CCCC1)N1CC(CN2CCC(c3ccccc3)CC2)C(O)(c2ccccc2)C1. The van der Waals surface area contributed by atoms with E-state index in [4.69, 9.17) is 0 Å². The van der Waals surface area contributed by atoms with Crippen molar-refractivity contribution in [2.75, 3.05) is 32.7 Å². The van der Waals surface area contributed by atoms with Crippen LogP contribution in [0.4, 0.5) is 0 Å². The minimum Gasteiger partial charge on any atom is -0.383 e. The lowest BCUT2D eigenvalue weighted by atomic mass is 9.83. The summed E-state index contributed by atoms with van der Waals surface area (Å²) >= 11 is 0. The first-order valence-corrected chi connectivity index (χ1v) is 12.5. The number of likely N-dealkylation sites (tertiary alicyclic amines) is 2. The first-order valence-electron chi connectivity index (χ1n) is 12.5. The van der Waals surface area contributed by atoms with Gasteiger partial charge in [0, 0.05) is 24.9 Å². The van der Waals surface area contributed by atoms with Crippen LogP contribution in [0.2, 0.25) is 0 Å². The number of hydrogen-bond donors (Lipinski definition) is 1. The van der Waals surface area contributed by atoms with Crippen molar-refractivity contribution in [3.05, 3.63) is 71.8 Å². The smallest absolute Gasteiger partial charge is 0.225 e. The third-order valence-corrected chi connectivity index (χ3v) is 8.17. The molecule has 170 valence electrons. The molecule has 0 spiro atoms. The molecule has 2 atom stereocenters. The zero-order valence-corrected chi connectivity index (χ0v) is 19.0. The third-order valence-electron chi connectivity index (χ3n) is 8.17. The zero-order chi connectivity index (χ0) is 22.0. The van der Waals surface area contributed by atoms with E-state index in [-0.39, 0.29) is 17.7 Å². The van der Waals surface area contributed by atoms with Crippen molar-refractivity contribution in [3.63, 3.8) is 0 Å². The summed E-state index contributed by atoms with van der Waals surface area (Å²) in [6, 6.07) is 20.9. The maximum atomic E-state index is 13.2. The maximum Gasteiger partial charge on any atom is 0.225 e. The molecule has 32 heavy (non-hydrogen) atoms. The Kier molecular flexibility index (Phi) is 6.34. The van der Waals surface area contributed by atoms with E-state index >= 15 is 0 Å². The van der Waals surface area contributed by atoms with E-state index in [1.54, 1.807) is 0 Å². The normalized spacial score (nSPS) is 27.8. The molecule has 0 aromatic heterocycles. The molecule has 4 nitrogen and oxygen atoms in total. The number of piperidine rings is 1. The molecule has 2 heterocycles. The van der Waals surface area contributed by atoms with Gasteiger partial charge in [0.05, 0.1) is 6.54 Å². The molecule has 4 heteroatoms. The van der Waals surface area contributed by atoms with Crippen LogP contribution >= 0.6 is 0 Å². The Balaban J connectivity index is 1.29. The Labute approximate surface area is 192 Å². The van der Waals surface area contributed by atoms with Crippen LogP contribution in [0.1, 0.15) is 55.6 Å². The molecule has 2 aromatic carbocycles. The lowest BCUT2D eigenvalue weighted by molar-refractivity contribution is -0.135. The van der Waals surface area contributed by atoms with Gasteiger partial charge in [-0.05, 0) is 55.8 Å². The van der Waals surface area contributed by atoms with Crippen LogP contribution < -0.4 is 0 Å². The van der Waals surface area contributed by atoms with E-state index in [0.29, 0.717) is 19.0 Å². The molecule has 0 bridgehead atoms. The number of carbonyl (C=O) groups is 1. The van der Waals surface area contributed by atoms with Gasteiger partial charge in [-0.3, -0.25) is 4.79 Å². The average Bonchev–Trinajstić information content (AvgIpc) is 3.50. The van der Waals surface area contributed by atoms with E-state index in [9.17, 15) is 9.90 Å². The van der Waals surface area contributed by atoms with Crippen molar-refractivity contribution < 1.29 is 9.90 Å². The second-order valence-corrected chi connectivity index (χ2v) is 10.2. The minimum atomic E-state index is -0.966. The Bertz CT molecular complexity index is 888. The van der Waals surface area contributed by atoms with Crippen molar-refractivity contribution in [1.82, 2.24) is 9.80 Å². The number of β-amino-alcohol motifs (C(OH)–C–C–N with tert-alkyl or cyclic N) is 1. The van der Waals surface area contributed by atoms with Crippen LogP contribution in [0.15, 0.2) is 60.7 Å². The molecule has 5 rings (SSSR count). The van der Waals surface area contributed by atoms with E-state index in [1.807, 2.05) is 35.2 Å². The largest absolute Gasteiger partial charge is 0.383 e. The summed E-state index contributed by atoms with van der Waals surface area (Å²) in [6.07, 6.45) is 6.66. The third kappa shape index (κ3) is 4.35. The first kappa shape index (κ1) is 21.7. The Morgan fingerprint density at radius 3 is 2.19 bits per heavy atom. The van der Waals surface area contributed by atoms with Crippen LogP contribution in [-0.4, -0.2) is 53.5 Å². The molecule has 1 amide bonds. The van der Waals surface area contributed by atoms with Crippen LogP contribution in [0, 0.1) is 11.8 Å². The van der Waals surface area contributed by atoms with E-state index in [2.05, 4.69) is 35.2 Å². The molecule has 1 aliphatic carbocycles. The van der Waals surface area contributed by atoms with Gasteiger partial charge in [0.15, 0.2) is 0 Å². The van der Waals surface area contributed by atoms with Gasteiger partial charge in [-0.2, -0.15) is 0 Å². The Morgan fingerprint density at radius 1 is 0.906 bits per heavy atom. The van der Waals surface area contributed by atoms with Gasteiger partial charge in [0.2, 0.25) is 5.91 Å². The van der Waals surface area contributed by atoms with Crippen molar-refractivity contribution in [1.29, 1.82) is 0 Å². The molecule has 2 aliphatic heterocycles. The van der Waals surface area contributed by atoms with Crippen molar-refractivity contribution in [3.8, 4) is 0 Å². The molecule has 2 saturated heterocycles. The van der Waals surface area contributed by atoms with Gasteiger partial charge >= 0.3 is 0 Å².